The number of nitrogens with one attached hydrogen (secondary N) is 1. The smallest absolute Gasteiger partial charge is 0.270 e. The summed E-state index contributed by atoms with van der Waals surface area (Å²) in [5, 5.41) is 3.39. The number of likely N-dealkylation sites (N-methyl/N-ethyl adjacent to an activating group) is 1. The molecule has 2 fully saturated rings. The molecule has 5 nitrogen and oxygen atoms in total. The molecule has 1 aliphatic carbocycles. The molecule has 2 aromatic carbocycles. The van der Waals surface area contributed by atoms with Gasteiger partial charge in [0.05, 0.1) is 0 Å². The summed E-state index contributed by atoms with van der Waals surface area (Å²) in [7, 11) is 1.83. The molecule has 1 N–H and O–H groups in total. The third kappa shape index (κ3) is 5.13. The topological polar surface area (TPSA) is 44.8 Å². The summed E-state index contributed by atoms with van der Waals surface area (Å²) in [5.74, 6) is 0.197. The van der Waals surface area contributed by atoms with Crippen LogP contribution in [0.1, 0.15) is 43.2 Å². The number of hydrogen-bond acceptors (Lipinski definition) is 4. The van der Waals surface area contributed by atoms with Gasteiger partial charge in [-0.3, -0.25) is 9.69 Å². The molecule has 0 aromatic heterocycles. The number of anilines is 1. The van der Waals surface area contributed by atoms with E-state index in [1.54, 1.807) is 17.0 Å². The van der Waals surface area contributed by atoms with Crippen LogP contribution < -0.4 is 15.0 Å². The quantitative estimate of drug-likeness (QED) is 0.730. The van der Waals surface area contributed by atoms with Crippen molar-refractivity contribution in [3.63, 3.8) is 0 Å². The molecule has 0 spiro atoms. The largest absolute Gasteiger partial charge is 0.477 e. The Morgan fingerprint density at radius 2 is 1.78 bits per heavy atom. The van der Waals surface area contributed by atoms with Gasteiger partial charge in [-0.05, 0) is 80.1 Å². The van der Waals surface area contributed by atoms with Crippen molar-refractivity contribution < 1.29 is 13.9 Å². The number of piperazine rings is 1. The molecule has 0 atom stereocenters. The van der Waals surface area contributed by atoms with Gasteiger partial charge in [0.1, 0.15) is 11.6 Å². The highest BCUT2D eigenvalue weighted by molar-refractivity contribution is 5.99. The third-order valence-electron chi connectivity index (χ3n) is 6.80. The lowest BCUT2D eigenvalue weighted by atomic mass is 9.83. The lowest BCUT2D eigenvalue weighted by Crippen LogP contribution is -2.53. The van der Waals surface area contributed by atoms with Gasteiger partial charge in [-0.25, -0.2) is 4.39 Å². The van der Waals surface area contributed by atoms with Gasteiger partial charge < -0.3 is 15.0 Å². The van der Waals surface area contributed by atoms with E-state index in [4.69, 9.17) is 4.74 Å². The average molecular weight is 440 g/mol. The lowest BCUT2D eigenvalue weighted by molar-refractivity contribution is -0.136. The van der Waals surface area contributed by atoms with Crippen molar-refractivity contribution in [3.05, 3.63) is 59.4 Å². The fraction of sp³-hybridized carbons (Fsp3) is 0.500. The minimum atomic E-state index is -0.905. The number of amides is 1. The molecule has 0 unspecified atom stereocenters. The Kier molecular flexibility index (Phi) is 7.11. The van der Waals surface area contributed by atoms with Crippen LogP contribution in [0.3, 0.4) is 0 Å². The molecule has 1 saturated heterocycles. The van der Waals surface area contributed by atoms with Crippen molar-refractivity contribution in [2.24, 2.45) is 0 Å². The Balaban J connectivity index is 1.51. The molecule has 1 saturated carbocycles. The van der Waals surface area contributed by atoms with Crippen LogP contribution in [0, 0.1) is 12.7 Å². The van der Waals surface area contributed by atoms with E-state index in [2.05, 4.69) is 29.3 Å². The minimum absolute atomic E-state index is 0.0317. The van der Waals surface area contributed by atoms with Gasteiger partial charge in [0, 0.05) is 45.5 Å². The maximum absolute atomic E-state index is 13.7. The van der Waals surface area contributed by atoms with Crippen molar-refractivity contribution in [2.75, 3.05) is 38.1 Å². The highest BCUT2D eigenvalue weighted by Gasteiger charge is 2.44. The standard InChI is InChI=1S/C26H34FN3O2/c1-20-18-23(9-6-21(20)19-30-16-14-28-15-17-30)29(2)25(31)26(12-4-3-5-13-26)32-24-10-7-22(27)8-11-24/h6-11,18,28H,3-5,12-17,19H2,1-2H3. The van der Waals surface area contributed by atoms with Gasteiger partial charge in [-0.1, -0.05) is 12.5 Å². The molecular formula is C26H34FN3O2. The Bertz CT molecular complexity index is 919. The molecule has 172 valence electrons. The molecule has 1 aliphatic heterocycles. The Hall–Kier alpha value is -2.44. The third-order valence-corrected chi connectivity index (χ3v) is 6.80. The lowest BCUT2D eigenvalue weighted by Gasteiger charge is -2.39. The van der Waals surface area contributed by atoms with Crippen LogP contribution >= 0.6 is 0 Å². The molecular weight excluding hydrogens is 405 g/mol. The molecule has 6 heteroatoms. The summed E-state index contributed by atoms with van der Waals surface area (Å²) in [6.07, 6.45) is 4.35. The van der Waals surface area contributed by atoms with Crippen LogP contribution in [0.15, 0.2) is 42.5 Å². The van der Waals surface area contributed by atoms with Crippen molar-refractivity contribution in [2.45, 2.75) is 51.2 Å². The number of nitrogens with zero attached hydrogens (tertiary/aromatic N) is 2. The van der Waals surface area contributed by atoms with E-state index in [0.717, 1.165) is 57.7 Å². The number of hydrogen-bond donors (Lipinski definition) is 1. The van der Waals surface area contributed by atoms with Gasteiger partial charge >= 0.3 is 0 Å². The maximum atomic E-state index is 13.7. The Morgan fingerprint density at radius 3 is 2.44 bits per heavy atom. The van der Waals surface area contributed by atoms with E-state index >= 15 is 0 Å². The van der Waals surface area contributed by atoms with Crippen molar-refractivity contribution in [3.8, 4) is 5.75 Å². The van der Waals surface area contributed by atoms with Crippen LogP contribution in [0.2, 0.25) is 0 Å². The first kappa shape index (κ1) is 22.7. The number of ether oxygens (including phenoxy) is 1. The molecule has 32 heavy (non-hydrogen) atoms. The summed E-state index contributed by atoms with van der Waals surface area (Å²) >= 11 is 0. The second-order valence-corrected chi connectivity index (χ2v) is 9.11. The fourth-order valence-corrected chi connectivity index (χ4v) is 4.81. The first-order chi connectivity index (χ1) is 15.5. The number of aryl methyl sites for hydroxylation is 1. The van der Waals surface area contributed by atoms with Crippen LogP contribution in [0.5, 0.6) is 5.75 Å². The number of carbonyl (C=O) groups is 1. The second-order valence-electron chi connectivity index (χ2n) is 9.11. The van der Waals surface area contributed by atoms with E-state index < -0.39 is 5.60 Å². The number of benzene rings is 2. The first-order valence-corrected chi connectivity index (χ1v) is 11.7. The molecule has 0 radical (unpaired) electrons. The zero-order valence-electron chi connectivity index (χ0n) is 19.2. The molecule has 0 bridgehead atoms. The maximum Gasteiger partial charge on any atom is 0.270 e. The van der Waals surface area contributed by atoms with Gasteiger partial charge in [0.15, 0.2) is 5.60 Å². The summed E-state index contributed by atoms with van der Waals surface area (Å²) < 4.78 is 19.6. The molecule has 1 amide bonds. The molecule has 2 aliphatic rings. The van der Waals surface area contributed by atoms with E-state index in [9.17, 15) is 9.18 Å². The SMILES string of the molecule is Cc1cc(N(C)C(=O)C2(Oc3ccc(F)cc3)CCCCC2)ccc1CN1CCNCC1. The highest BCUT2D eigenvalue weighted by atomic mass is 19.1. The predicted octanol–water partition coefficient (Wildman–Crippen LogP) is 4.28. The van der Waals surface area contributed by atoms with Crippen LogP contribution in [-0.4, -0.2) is 49.6 Å². The van der Waals surface area contributed by atoms with Gasteiger partial charge in [0.25, 0.3) is 5.91 Å². The van der Waals surface area contributed by atoms with E-state index in [1.165, 1.54) is 23.3 Å². The molecule has 2 aromatic rings. The summed E-state index contributed by atoms with van der Waals surface area (Å²) in [4.78, 5) is 17.9. The Morgan fingerprint density at radius 1 is 1.09 bits per heavy atom. The van der Waals surface area contributed by atoms with Crippen LogP contribution in [-0.2, 0) is 11.3 Å². The van der Waals surface area contributed by atoms with Gasteiger partial charge in [-0.15, -0.1) is 0 Å². The van der Waals surface area contributed by atoms with Crippen LogP contribution in [0.25, 0.3) is 0 Å². The van der Waals surface area contributed by atoms with Crippen molar-refractivity contribution >= 4 is 11.6 Å². The summed E-state index contributed by atoms with van der Waals surface area (Å²) in [6, 6.07) is 12.2. The highest BCUT2D eigenvalue weighted by Crippen LogP contribution is 2.36. The van der Waals surface area contributed by atoms with E-state index in [1.807, 2.05) is 13.1 Å². The predicted molar refractivity (Wildman–Crippen MR) is 126 cm³/mol. The number of carbonyl (C=O) groups excluding carboxylic acids is 1. The summed E-state index contributed by atoms with van der Waals surface area (Å²) in [6.45, 7) is 7.23. The number of halogens is 1. The number of rotatable bonds is 6. The van der Waals surface area contributed by atoms with Gasteiger partial charge in [0.2, 0.25) is 0 Å². The summed E-state index contributed by atoms with van der Waals surface area (Å²) in [5.41, 5.74) is 2.46. The monoisotopic (exact) mass is 439 g/mol. The zero-order chi connectivity index (χ0) is 22.6. The first-order valence-electron chi connectivity index (χ1n) is 11.7. The molecule has 4 rings (SSSR count). The van der Waals surface area contributed by atoms with E-state index in [0.29, 0.717) is 18.6 Å². The minimum Gasteiger partial charge on any atom is -0.477 e. The average Bonchev–Trinajstić information content (AvgIpc) is 2.82. The van der Waals surface area contributed by atoms with Crippen molar-refractivity contribution in [1.29, 1.82) is 0 Å². The molecule has 1 heterocycles. The van der Waals surface area contributed by atoms with Crippen molar-refractivity contribution in [1.82, 2.24) is 10.2 Å². The van der Waals surface area contributed by atoms with Crippen LogP contribution in [0.4, 0.5) is 10.1 Å². The fourth-order valence-electron chi connectivity index (χ4n) is 4.81. The van der Waals surface area contributed by atoms with Gasteiger partial charge in [-0.2, -0.15) is 0 Å². The Labute approximate surface area is 190 Å². The second kappa shape index (κ2) is 10.0. The normalized spacial score (nSPS) is 18.8. The van der Waals surface area contributed by atoms with E-state index in [-0.39, 0.29) is 11.7 Å². The zero-order valence-corrected chi connectivity index (χ0v) is 19.2.